The van der Waals surface area contributed by atoms with Crippen LogP contribution in [0.4, 0.5) is 11.4 Å². The molecule has 1 fully saturated rings. The van der Waals surface area contributed by atoms with Crippen LogP contribution in [0.3, 0.4) is 0 Å². The second-order valence-corrected chi connectivity index (χ2v) is 7.60. The molecule has 5 nitrogen and oxygen atoms in total. The maximum atomic E-state index is 12.8. The van der Waals surface area contributed by atoms with Crippen molar-refractivity contribution in [2.45, 2.75) is 19.8 Å². The minimum absolute atomic E-state index is 0.157. The van der Waals surface area contributed by atoms with Gasteiger partial charge in [-0.1, -0.05) is 35.4 Å². The number of benzene rings is 2. The number of halogens is 1. The number of allylic oxidation sites excluding steroid dienone is 2. The maximum absolute atomic E-state index is 12.8. The van der Waals surface area contributed by atoms with Gasteiger partial charge in [0.05, 0.1) is 28.2 Å². The number of rotatable bonds is 3. The minimum Gasteiger partial charge on any atom is -0.321 e. The first kappa shape index (κ1) is 18.4. The highest BCUT2D eigenvalue weighted by Crippen LogP contribution is 2.39. The van der Waals surface area contributed by atoms with Crippen LogP contribution in [0.15, 0.2) is 60.2 Å². The zero-order valence-corrected chi connectivity index (χ0v) is 16.1. The Morgan fingerprint density at radius 3 is 2.43 bits per heavy atom. The van der Waals surface area contributed by atoms with Crippen LogP contribution in [0.25, 0.3) is 0 Å². The number of hydrogen-bond acceptors (Lipinski definition) is 3. The second-order valence-electron chi connectivity index (χ2n) is 7.20. The summed E-state index contributed by atoms with van der Waals surface area (Å²) in [4.78, 5) is 39.2. The number of anilines is 2. The monoisotopic (exact) mass is 394 g/mol. The first-order chi connectivity index (χ1) is 13.5. The van der Waals surface area contributed by atoms with Crippen molar-refractivity contribution in [1.29, 1.82) is 0 Å². The average Bonchev–Trinajstić information content (AvgIpc) is 2.93. The predicted octanol–water partition coefficient (Wildman–Crippen LogP) is 4.44. The van der Waals surface area contributed by atoms with E-state index in [4.69, 9.17) is 11.6 Å². The van der Waals surface area contributed by atoms with Gasteiger partial charge in [-0.3, -0.25) is 19.3 Å². The quantitative estimate of drug-likeness (QED) is 0.618. The molecule has 6 heteroatoms. The molecule has 2 aromatic rings. The molecule has 1 aliphatic heterocycles. The molecule has 1 N–H and O–H groups in total. The van der Waals surface area contributed by atoms with E-state index < -0.39 is 0 Å². The van der Waals surface area contributed by atoms with Gasteiger partial charge in [-0.2, -0.15) is 0 Å². The molecule has 28 heavy (non-hydrogen) atoms. The number of para-hydroxylation sites is 1. The summed E-state index contributed by atoms with van der Waals surface area (Å²) in [5.74, 6) is -1.19. The summed E-state index contributed by atoms with van der Waals surface area (Å²) in [7, 11) is 0. The lowest BCUT2D eigenvalue weighted by atomic mass is 9.82. The number of carbonyl (C=O) groups is 3. The van der Waals surface area contributed by atoms with Crippen LogP contribution in [0.5, 0.6) is 0 Å². The van der Waals surface area contributed by atoms with Crippen LogP contribution < -0.4 is 10.2 Å². The van der Waals surface area contributed by atoms with Crippen LogP contribution in [0.2, 0.25) is 5.02 Å². The van der Waals surface area contributed by atoms with Crippen molar-refractivity contribution in [3.63, 3.8) is 0 Å². The highest BCUT2D eigenvalue weighted by molar-refractivity contribution is 6.33. The predicted molar refractivity (Wildman–Crippen MR) is 108 cm³/mol. The van der Waals surface area contributed by atoms with Crippen LogP contribution >= 0.6 is 11.6 Å². The van der Waals surface area contributed by atoms with E-state index in [2.05, 4.69) is 5.32 Å². The van der Waals surface area contributed by atoms with Gasteiger partial charge in [0.15, 0.2) is 0 Å². The third-order valence-electron chi connectivity index (χ3n) is 5.33. The summed E-state index contributed by atoms with van der Waals surface area (Å²) in [6.07, 6.45) is 3.28. The highest BCUT2D eigenvalue weighted by atomic mass is 35.5. The van der Waals surface area contributed by atoms with E-state index in [1.54, 1.807) is 48.5 Å². The summed E-state index contributed by atoms with van der Waals surface area (Å²) in [5, 5.41) is 3.20. The van der Waals surface area contributed by atoms with Gasteiger partial charge in [-0.25, -0.2) is 0 Å². The van der Waals surface area contributed by atoms with Gasteiger partial charge < -0.3 is 5.32 Å². The van der Waals surface area contributed by atoms with E-state index in [1.165, 1.54) is 4.90 Å². The first-order valence-electron chi connectivity index (χ1n) is 9.15. The summed E-state index contributed by atoms with van der Waals surface area (Å²) in [5.41, 5.74) is 2.58. The Morgan fingerprint density at radius 1 is 1.04 bits per heavy atom. The van der Waals surface area contributed by atoms with Crippen molar-refractivity contribution in [3.8, 4) is 0 Å². The Bertz CT molecular complexity index is 997. The van der Waals surface area contributed by atoms with E-state index in [0.29, 0.717) is 34.8 Å². The molecule has 2 aromatic carbocycles. The molecule has 0 spiro atoms. The Labute approximate surface area is 168 Å². The number of imide groups is 1. The Morgan fingerprint density at radius 2 is 1.71 bits per heavy atom. The summed E-state index contributed by atoms with van der Waals surface area (Å²) >= 11 is 6.07. The van der Waals surface area contributed by atoms with Gasteiger partial charge >= 0.3 is 0 Å². The molecule has 0 bridgehead atoms. The Kier molecular flexibility index (Phi) is 4.77. The lowest BCUT2D eigenvalue weighted by molar-refractivity contribution is -0.122. The van der Waals surface area contributed by atoms with Crippen LogP contribution in [0, 0.1) is 11.8 Å². The van der Waals surface area contributed by atoms with Gasteiger partial charge in [0.2, 0.25) is 11.8 Å². The van der Waals surface area contributed by atoms with E-state index in [-0.39, 0.29) is 29.6 Å². The molecule has 1 aliphatic carbocycles. The normalized spacial score (nSPS) is 21.4. The molecule has 1 heterocycles. The molecule has 0 radical (unpaired) electrons. The van der Waals surface area contributed by atoms with Crippen molar-refractivity contribution in [3.05, 3.63) is 70.8 Å². The van der Waals surface area contributed by atoms with Gasteiger partial charge in [0, 0.05) is 5.56 Å². The molecular formula is C22H19ClN2O3. The van der Waals surface area contributed by atoms with Crippen molar-refractivity contribution < 1.29 is 14.4 Å². The van der Waals surface area contributed by atoms with Crippen LogP contribution in [-0.2, 0) is 9.59 Å². The Balaban J connectivity index is 1.52. The number of nitrogens with one attached hydrogen (secondary N) is 1. The first-order valence-corrected chi connectivity index (χ1v) is 9.53. The molecule has 3 amide bonds. The van der Waals surface area contributed by atoms with Crippen molar-refractivity contribution in [2.75, 3.05) is 10.2 Å². The molecule has 1 saturated heterocycles. The second kappa shape index (κ2) is 7.24. The average molecular weight is 395 g/mol. The summed E-state index contributed by atoms with van der Waals surface area (Å²) in [6.45, 7) is 1.99. The lowest BCUT2D eigenvalue weighted by Crippen LogP contribution is -2.30. The highest BCUT2D eigenvalue weighted by Gasteiger charge is 2.48. The number of hydrogen-bond donors (Lipinski definition) is 1. The molecule has 4 rings (SSSR count). The fourth-order valence-electron chi connectivity index (χ4n) is 3.81. The van der Waals surface area contributed by atoms with Gasteiger partial charge in [-0.15, -0.1) is 0 Å². The van der Waals surface area contributed by atoms with E-state index in [1.807, 2.05) is 13.0 Å². The standard InChI is InChI=1S/C22H19ClN2O3/c1-13-6-11-16-17(12-13)22(28)25(21(16)27)15-9-7-14(8-10-15)20(26)24-19-5-3-2-4-18(19)23/h2-10,16-17H,11-12H2,1H3,(H,24,26). The summed E-state index contributed by atoms with van der Waals surface area (Å²) in [6, 6.07) is 13.5. The Hall–Kier alpha value is -2.92. The zero-order valence-electron chi connectivity index (χ0n) is 15.3. The molecule has 2 aliphatic rings. The fraction of sp³-hybridized carbons (Fsp3) is 0.227. The third kappa shape index (κ3) is 3.22. The van der Waals surface area contributed by atoms with E-state index in [9.17, 15) is 14.4 Å². The smallest absolute Gasteiger partial charge is 0.255 e. The molecular weight excluding hydrogens is 376 g/mol. The lowest BCUT2D eigenvalue weighted by Gasteiger charge is -2.18. The molecule has 0 aromatic heterocycles. The largest absolute Gasteiger partial charge is 0.321 e. The molecule has 2 atom stereocenters. The number of nitrogens with zero attached hydrogens (tertiary/aromatic N) is 1. The third-order valence-corrected chi connectivity index (χ3v) is 5.66. The number of carbonyl (C=O) groups excluding carboxylic acids is 3. The van der Waals surface area contributed by atoms with Gasteiger partial charge in [0.1, 0.15) is 0 Å². The zero-order chi connectivity index (χ0) is 19.8. The van der Waals surface area contributed by atoms with Crippen molar-refractivity contribution in [2.24, 2.45) is 11.8 Å². The van der Waals surface area contributed by atoms with Crippen molar-refractivity contribution in [1.82, 2.24) is 0 Å². The van der Waals surface area contributed by atoms with E-state index in [0.717, 1.165) is 5.57 Å². The van der Waals surface area contributed by atoms with Gasteiger partial charge in [-0.05, 0) is 56.2 Å². The summed E-state index contributed by atoms with van der Waals surface area (Å²) < 4.78 is 0. The SMILES string of the molecule is CC1=CCC2C(=O)N(c3ccc(C(=O)Nc4ccccc4Cl)cc3)C(=O)C2C1. The topological polar surface area (TPSA) is 66.5 Å². The minimum atomic E-state index is -0.313. The molecule has 0 saturated carbocycles. The number of amides is 3. The van der Waals surface area contributed by atoms with Crippen LogP contribution in [0.1, 0.15) is 30.1 Å². The molecule has 2 unspecified atom stereocenters. The molecule has 142 valence electrons. The van der Waals surface area contributed by atoms with Gasteiger partial charge in [0.25, 0.3) is 5.91 Å². The van der Waals surface area contributed by atoms with Crippen molar-refractivity contribution >= 4 is 40.7 Å². The maximum Gasteiger partial charge on any atom is 0.255 e. The van der Waals surface area contributed by atoms with E-state index >= 15 is 0 Å². The fourth-order valence-corrected chi connectivity index (χ4v) is 3.99. The number of fused-ring (bicyclic) bond motifs is 1. The van der Waals surface area contributed by atoms with Crippen LogP contribution in [-0.4, -0.2) is 17.7 Å².